The second kappa shape index (κ2) is 7.50. The fraction of sp³-hybridized carbons (Fsp3) is 0.462. The van der Waals surface area contributed by atoms with Crippen molar-refractivity contribution < 1.29 is 17.9 Å². The van der Waals surface area contributed by atoms with Crippen LogP contribution in [0.15, 0.2) is 12.1 Å². The zero-order valence-corrected chi connectivity index (χ0v) is 12.6. The average Bonchev–Trinajstić information content (AvgIpc) is 2.38. The summed E-state index contributed by atoms with van der Waals surface area (Å²) in [7, 11) is -1.34. The monoisotopic (exact) mass is 304 g/mol. The topological polar surface area (TPSA) is 60.4 Å². The second-order valence-electron chi connectivity index (χ2n) is 4.15. The molecule has 1 aromatic rings. The summed E-state index contributed by atoms with van der Waals surface area (Å²) < 4.78 is 26.5. The summed E-state index contributed by atoms with van der Waals surface area (Å²) in [6.07, 6.45) is 2.69. The summed E-state index contributed by atoms with van der Waals surface area (Å²) in [6.45, 7) is 2.05. The average molecular weight is 305 g/mol. The van der Waals surface area contributed by atoms with Crippen molar-refractivity contribution in [3.05, 3.63) is 33.8 Å². The van der Waals surface area contributed by atoms with Crippen molar-refractivity contribution in [1.29, 1.82) is 0 Å². The van der Waals surface area contributed by atoms with Gasteiger partial charge in [0, 0.05) is 0 Å². The van der Waals surface area contributed by atoms with Gasteiger partial charge in [0.1, 0.15) is 10.7 Å². The predicted octanol–water partition coefficient (Wildman–Crippen LogP) is 2.58. The number of hydrogen-bond donors (Lipinski definition) is 1. The zero-order chi connectivity index (χ0) is 14.4. The Morgan fingerprint density at radius 1 is 1.37 bits per heavy atom. The molecule has 0 heterocycles. The molecule has 0 radical (unpaired) electrons. The summed E-state index contributed by atoms with van der Waals surface area (Å²) in [5, 5.41) is 0.180. The first-order chi connectivity index (χ1) is 9.01. The van der Waals surface area contributed by atoms with Gasteiger partial charge >= 0.3 is 5.97 Å². The van der Waals surface area contributed by atoms with Crippen molar-refractivity contribution in [3.8, 4) is 0 Å². The second-order valence-corrected chi connectivity index (χ2v) is 5.51. The number of esters is 1. The number of carbonyl (C=O) groups is 1. The first-order valence-corrected chi connectivity index (χ1v) is 7.75. The Labute approximate surface area is 119 Å². The largest absolute Gasteiger partial charge is 0.465 e. The number of unbranched alkanes of at least 4 members (excludes halogenated alkanes) is 1. The number of halogens is 1. The summed E-state index contributed by atoms with van der Waals surface area (Å²) in [6, 6.07) is 3.34. The first-order valence-electron chi connectivity index (χ1n) is 6.01. The summed E-state index contributed by atoms with van der Waals surface area (Å²) in [5.74, 6) is -0.715. The molecular formula is C13H17ClO4S. The Morgan fingerprint density at radius 2 is 2.05 bits per heavy atom. The van der Waals surface area contributed by atoms with Crippen molar-refractivity contribution >= 4 is 28.3 Å². The fourth-order valence-corrected chi connectivity index (χ4v) is 2.87. The van der Waals surface area contributed by atoms with Gasteiger partial charge in [0.2, 0.25) is 0 Å². The van der Waals surface area contributed by atoms with Gasteiger partial charge < -0.3 is 4.74 Å². The van der Waals surface area contributed by atoms with E-state index >= 15 is 0 Å². The molecule has 0 amide bonds. The highest BCUT2D eigenvalue weighted by Gasteiger charge is 2.17. The maximum Gasteiger partial charge on any atom is 0.339 e. The summed E-state index contributed by atoms with van der Waals surface area (Å²) in [5.41, 5.74) is 1.59. The molecule has 0 saturated carbocycles. The first kappa shape index (κ1) is 16.0. The van der Waals surface area contributed by atoms with Crippen LogP contribution < -0.4 is 0 Å². The van der Waals surface area contributed by atoms with E-state index in [9.17, 15) is 13.2 Å². The Morgan fingerprint density at radius 3 is 2.58 bits per heavy atom. The van der Waals surface area contributed by atoms with Gasteiger partial charge in [-0.25, -0.2) is 13.2 Å². The molecule has 4 nitrogen and oxygen atoms in total. The van der Waals surface area contributed by atoms with E-state index in [1.54, 1.807) is 12.1 Å². The number of benzene rings is 1. The highest BCUT2D eigenvalue weighted by Crippen LogP contribution is 2.27. The Hall–Kier alpha value is -1.07. The van der Waals surface area contributed by atoms with Crippen LogP contribution in [0.1, 0.15) is 41.3 Å². The van der Waals surface area contributed by atoms with Gasteiger partial charge in [-0.15, -0.1) is 0 Å². The minimum atomic E-state index is -2.60. The number of thiol groups is 1. The molecule has 0 spiro atoms. The van der Waals surface area contributed by atoms with Gasteiger partial charge in [-0.05, 0) is 30.0 Å². The van der Waals surface area contributed by atoms with E-state index in [0.29, 0.717) is 5.56 Å². The highest BCUT2D eigenvalue weighted by atomic mass is 35.5. The fourth-order valence-electron chi connectivity index (χ4n) is 1.83. The van der Waals surface area contributed by atoms with Crippen LogP contribution in [0.5, 0.6) is 0 Å². The molecular weight excluding hydrogens is 288 g/mol. The van der Waals surface area contributed by atoms with E-state index in [4.69, 9.17) is 11.6 Å². The van der Waals surface area contributed by atoms with E-state index in [1.807, 2.05) is 0 Å². The Bertz CT molecular complexity index is 530. The molecule has 0 bridgehead atoms. The van der Waals surface area contributed by atoms with E-state index < -0.39 is 16.7 Å². The Kier molecular flexibility index (Phi) is 6.31. The standard InChI is InChI=1S/C13H17ClO4S/c1-3-4-5-9-6-7-10(13(15)18-2)12(14)11(9)8-19(16)17/h6-7,19H,3-5,8H2,1-2H3. The number of rotatable bonds is 6. The quantitative estimate of drug-likeness (QED) is 0.648. The van der Waals surface area contributed by atoms with E-state index in [-0.39, 0.29) is 16.3 Å². The van der Waals surface area contributed by atoms with Crippen molar-refractivity contribution in [2.45, 2.75) is 31.9 Å². The lowest BCUT2D eigenvalue weighted by molar-refractivity contribution is 0.0601. The van der Waals surface area contributed by atoms with Crippen LogP contribution >= 0.6 is 11.6 Å². The maximum absolute atomic E-state index is 11.5. The third-order valence-electron chi connectivity index (χ3n) is 2.83. The normalized spacial score (nSPS) is 10.7. The lowest BCUT2D eigenvalue weighted by Crippen LogP contribution is -2.06. The molecule has 6 heteroatoms. The number of aryl methyl sites for hydroxylation is 1. The zero-order valence-electron chi connectivity index (χ0n) is 10.9. The van der Waals surface area contributed by atoms with Crippen LogP contribution in [0.2, 0.25) is 5.02 Å². The van der Waals surface area contributed by atoms with Crippen molar-refractivity contribution in [3.63, 3.8) is 0 Å². The molecule has 0 aliphatic heterocycles. The van der Waals surface area contributed by atoms with Crippen molar-refractivity contribution in [2.24, 2.45) is 0 Å². The molecule has 0 aliphatic carbocycles. The van der Waals surface area contributed by atoms with Gasteiger partial charge in [-0.3, -0.25) is 0 Å². The van der Waals surface area contributed by atoms with Gasteiger partial charge in [-0.2, -0.15) is 0 Å². The van der Waals surface area contributed by atoms with Crippen LogP contribution in [0.4, 0.5) is 0 Å². The molecule has 0 saturated heterocycles. The third-order valence-corrected chi connectivity index (χ3v) is 3.84. The van der Waals surface area contributed by atoms with Crippen LogP contribution in [0, 0.1) is 0 Å². The van der Waals surface area contributed by atoms with Gasteiger partial charge in [0.25, 0.3) is 0 Å². The van der Waals surface area contributed by atoms with Crippen molar-refractivity contribution in [1.82, 2.24) is 0 Å². The van der Waals surface area contributed by atoms with Gasteiger partial charge in [0.15, 0.2) is 0 Å². The molecule has 0 atom stereocenters. The summed E-state index contributed by atoms with van der Waals surface area (Å²) >= 11 is 6.14. The predicted molar refractivity (Wildman–Crippen MR) is 75.4 cm³/mol. The highest BCUT2D eigenvalue weighted by molar-refractivity contribution is 7.71. The Balaban J connectivity index is 3.26. The number of ether oxygens (including phenoxy) is 1. The smallest absolute Gasteiger partial charge is 0.339 e. The molecule has 0 N–H and O–H groups in total. The molecule has 0 aliphatic rings. The van der Waals surface area contributed by atoms with Crippen molar-refractivity contribution in [2.75, 3.05) is 7.11 Å². The molecule has 1 rings (SSSR count). The van der Waals surface area contributed by atoms with Crippen LogP contribution in [0.25, 0.3) is 0 Å². The van der Waals surface area contributed by atoms with Crippen LogP contribution in [-0.2, 0) is 27.6 Å². The third kappa shape index (κ3) is 4.21. The SMILES string of the molecule is CCCCc1ccc(C(=O)OC)c(Cl)c1C[SH](=O)=O. The van der Waals surface area contributed by atoms with E-state index in [2.05, 4.69) is 11.7 Å². The summed E-state index contributed by atoms with van der Waals surface area (Å²) in [4.78, 5) is 11.5. The minimum Gasteiger partial charge on any atom is -0.465 e. The van der Waals surface area contributed by atoms with E-state index in [0.717, 1.165) is 24.8 Å². The lowest BCUT2D eigenvalue weighted by atomic mass is 10.00. The molecule has 0 fully saturated rings. The molecule has 0 unspecified atom stereocenters. The van der Waals surface area contributed by atoms with Crippen LogP contribution in [-0.4, -0.2) is 21.5 Å². The molecule has 19 heavy (non-hydrogen) atoms. The molecule has 1 aromatic carbocycles. The maximum atomic E-state index is 11.5. The molecule has 106 valence electrons. The van der Waals surface area contributed by atoms with Crippen LogP contribution in [0.3, 0.4) is 0 Å². The molecule has 0 aromatic heterocycles. The number of carbonyl (C=O) groups excluding carboxylic acids is 1. The lowest BCUT2D eigenvalue weighted by Gasteiger charge is -2.12. The van der Waals surface area contributed by atoms with Gasteiger partial charge in [0.05, 0.1) is 23.4 Å². The number of hydrogen-bond acceptors (Lipinski definition) is 4. The minimum absolute atomic E-state index is 0.155. The number of methoxy groups -OCH3 is 1. The van der Waals surface area contributed by atoms with Gasteiger partial charge in [-0.1, -0.05) is 31.0 Å². The van der Waals surface area contributed by atoms with E-state index in [1.165, 1.54) is 7.11 Å².